The van der Waals surface area contributed by atoms with Crippen molar-refractivity contribution in [2.24, 2.45) is 0 Å². The Bertz CT molecular complexity index is 405. The van der Waals surface area contributed by atoms with E-state index in [0.29, 0.717) is 32.8 Å². The van der Waals surface area contributed by atoms with Crippen molar-refractivity contribution in [2.75, 3.05) is 39.9 Å². The fraction of sp³-hybridized carbons (Fsp3) is 0.583. The second-order valence-electron chi connectivity index (χ2n) is 4.37. The third-order valence-electron chi connectivity index (χ3n) is 2.82. The van der Waals surface area contributed by atoms with E-state index in [1.54, 1.807) is 11.3 Å². The fourth-order valence-corrected chi connectivity index (χ4v) is 3.07. The summed E-state index contributed by atoms with van der Waals surface area (Å²) in [6, 6.07) is 3.89. The predicted octanol–water partition coefficient (Wildman–Crippen LogP) is 1.69. The first kappa shape index (κ1) is 13.8. The zero-order chi connectivity index (χ0) is 13.0. The number of hydrogen-bond acceptors (Lipinski definition) is 4. The number of carbonyl (C=O) groups excluding carboxylic acids is 1. The highest BCUT2D eigenvalue weighted by atomic mass is 35.5. The minimum absolute atomic E-state index is 0.170. The highest BCUT2D eigenvalue weighted by Crippen LogP contribution is 2.22. The van der Waals surface area contributed by atoms with E-state index in [1.807, 2.05) is 29.0 Å². The van der Waals surface area contributed by atoms with Gasteiger partial charge in [0.2, 0.25) is 5.91 Å². The van der Waals surface area contributed by atoms with Crippen molar-refractivity contribution < 1.29 is 9.53 Å². The Morgan fingerprint density at radius 2 is 2.22 bits per heavy atom. The number of ether oxygens (including phenoxy) is 1. The molecule has 0 bridgehead atoms. The van der Waals surface area contributed by atoms with E-state index in [2.05, 4.69) is 0 Å². The third-order valence-corrected chi connectivity index (χ3v) is 4.04. The lowest BCUT2D eigenvalue weighted by molar-refractivity contribution is -0.136. The van der Waals surface area contributed by atoms with Gasteiger partial charge in [-0.3, -0.25) is 9.69 Å². The van der Waals surface area contributed by atoms with Crippen LogP contribution in [0.15, 0.2) is 12.1 Å². The second kappa shape index (κ2) is 6.52. The Morgan fingerprint density at radius 1 is 1.50 bits per heavy atom. The van der Waals surface area contributed by atoms with E-state index >= 15 is 0 Å². The Hall–Kier alpha value is -0.620. The molecule has 0 unspecified atom stereocenters. The summed E-state index contributed by atoms with van der Waals surface area (Å²) in [4.78, 5) is 17.1. The molecule has 0 atom stereocenters. The lowest BCUT2D eigenvalue weighted by atomic mass is 10.3. The molecular formula is C12H17ClN2O2S. The van der Waals surface area contributed by atoms with Gasteiger partial charge in [-0.05, 0) is 19.2 Å². The van der Waals surface area contributed by atoms with Gasteiger partial charge in [-0.2, -0.15) is 0 Å². The largest absolute Gasteiger partial charge is 0.378 e. The van der Waals surface area contributed by atoms with Gasteiger partial charge in [-0.25, -0.2) is 0 Å². The standard InChI is InChI=1S/C12H17ClN2O2S/c1-14(8-10-2-3-11(13)18-10)9-12(16)15-4-6-17-7-5-15/h2-3H,4-9H2,1H3. The van der Waals surface area contributed by atoms with Gasteiger partial charge < -0.3 is 9.64 Å². The van der Waals surface area contributed by atoms with Gasteiger partial charge in [0, 0.05) is 24.5 Å². The van der Waals surface area contributed by atoms with Crippen molar-refractivity contribution in [3.05, 3.63) is 21.3 Å². The van der Waals surface area contributed by atoms with Crippen molar-refractivity contribution in [1.29, 1.82) is 0 Å². The lowest BCUT2D eigenvalue weighted by Crippen LogP contribution is -2.44. The fourth-order valence-electron chi connectivity index (χ4n) is 1.90. The second-order valence-corrected chi connectivity index (χ2v) is 6.17. The van der Waals surface area contributed by atoms with Crippen molar-refractivity contribution in [1.82, 2.24) is 9.80 Å². The van der Waals surface area contributed by atoms with Gasteiger partial charge in [-0.15, -0.1) is 11.3 Å². The Labute approximate surface area is 116 Å². The average Bonchev–Trinajstić information content (AvgIpc) is 2.75. The molecule has 1 aliphatic rings. The van der Waals surface area contributed by atoms with Gasteiger partial charge in [0.1, 0.15) is 0 Å². The first-order valence-corrected chi connectivity index (χ1v) is 7.13. The van der Waals surface area contributed by atoms with Gasteiger partial charge >= 0.3 is 0 Å². The number of thiophene rings is 1. The summed E-state index contributed by atoms with van der Waals surface area (Å²) in [6.45, 7) is 3.91. The van der Waals surface area contributed by atoms with E-state index < -0.39 is 0 Å². The zero-order valence-electron chi connectivity index (χ0n) is 10.4. The molecule has 0 aliphatic carbocycles. The van der Waals surface area contributed by atoms with Gasteiger partial charge in [0.15, 0.2) is 0 Å². The summed E-state index contributed by atoms with van der Waals surface area (Å²) in [5.74, 6) is 0.170. The molecule has 2 rings (SSSR count). The highest BCUT2D eigenvalue weighted by Gasteiger charge is 2.18. The summed E-state index contributed by atoms with van der Waals surface area (Å²) in [7, 11) is 1.95. The number of morpholine rings is 1. The highest BCUT2D eigenvalue weighted by molar-refractivity contribution is 7.16. The molecule has 1 saturated heterocycles. The minimum atomic E-state index is 0.170. The molecule has 4 nitrogen and oxygen atoms in total. The van der Waals surface area contributed by atoms with E-state index in [9.17, 15) is 4.79 Å². The normalized spacial score (nSPS) is 16.3. The first-order valence-electron chi connectivity index (χ1n) is 5.93. The minimum Gasteiger partial charge on any atom is -0.378 e. The molecule has 0 spiro atoms. The summed E-state index contributed by atoms with van der Waals surface area (Å²) in [6.07, 6.45) is 0. The van der Waals surface area contributed by atoms with Crippen LogP contribution in [0.2, 0.25) is 4.34 Å². The van der Waals surface area contributed by atoms with Crippen LogP contribution in [-0.4, -0.2) is 55.6 Å². The number of rotatable bonds is 4. The number of halogens is 1. The van der Waals surface area contributed by atoms with Gasteiger partial charge in [0.25, 0.3) is 0 Å². The SMILES string of the molecule is CN(CC(=O)N1CCOCC1)Cc1ccc(Cl)s1. The molecule has 1 amide bonds. The molecule has 0 saturated carbocycles. The van der Waals surface area contributed by atoms with Crippen LogP contribution in [0.5, 0.6) is 0 Å². The van der Waals surface area contributed by atoms with Gasteiger partial charge in [0.05, 0.1) is 24.1 Å². The number of hydrogen-bond donors (Lipinski definition) is 0. The number of carbonyl (C=O) groups is 1. The molecule has 1 fully saturated rings. The maximum absolute atomic E-state index is 12.0. The van der Waals surface area contributed by atoms with Crippen LogP contribution >= 0.6 is 22.9 Å². The molecule has 1 aliphatic heterocycles. The molecule has 6 heteroatoms. The van der Waals surface area contributed by atoms with Crippen LogP contribution in [0.3, 0.4) is 0 Å². The maximum atomic E-state index is 12.0. The van der Waals surface area contributed by atoms with E-state index in [-0.39, 0.29) is 5.91 Å². The summed E-state index contributed by atoms with van der Waals surface area (Å²) in [5, 5.41) is 0. The summed E-state index contributed by atoms with van der Waals surface area (Å²) in [5.41, 5.74) is 0. The van der Waals surface area contributed by atoms with Crippen LogP contribution in [0.25, 0.3) is 0 Å². The lowest BCUT2D eigenvalue weighted by Gasteiger charge is -2.28. The van der Waals surface area contributed by atoms with Crippen molar-refractivity contribution >= 4 is 28.8 Å². The van der Waals surface area contributed by atoms with Crippen molar-refractivity contribution in [2.45, 2.75) is 6.54 Å². The Morgan fingerprint density at radius 3 is 2.83 bits per heavy atom. The summed E-state index contributed by atoms with van der Waals surface area (Å²) < 4.78 is 6.02. The van der Waals surface area contributed by atoms with Crippen LogP contribution in [-0.2, 0) is 16.1 Å². The first-order chi connectivity index (χ1) is 8.65. The van der Waals surface area contributed by atoms with Crippen LogP contribution in [0, 0.1) is 0 Å². The van der Waals surface area contributed by atoms with Crippen LogP contribution < -0.4 is 0 Å². The molecule has 2 heterocycles. The van der Waals surface area contributed by atoms with E-state index in [0.717, 1.165) is 10.9 Å². The maximum Gasteiger partial charge on any atom is 0.236 e. The van der Waals surface area contributed by atoms with E-state index in [4.69, 9.17) is 16.3 Å². The molecule has 0 radical (unpaired) electrons. The number of likely N-dealkylation sites (N-methyl/N-ethyl adjacent to an activating group) is 1. The average molecular weight is 289 g/mol. The van der Waals surface area contributed by atoms with E-state index in [1.165, 1.54) is 4.88 Å². The molecular weight excluding hydrogens is 272 g/mol. The molecule has 0 N–H and O–H groups in total. The quantitative estimate of drug-likeness (QED) is 0.845. The molecule has 1 aromatic heterocycles. The zero-order valence-corrected chi connectivity index (χ0v) is 12.0. The van der Waals surface area contributed by atoms with Crippen molar-refractivity contribution in [3.8, 4) is 0 Å². The topological polar surface area (TPSA) is 32.8 Å². The smallest absolute Gasteiger partial charge is 0.236 e. The molecule has 1 aromatic rings. The molecule has 100 valence electrons. The predicted molar refractivity (Wildman–Crippen MR) is 73.1 cm³/mol. The van der Waals surface area contributed by atoms with Crippen molar-refractivity contribution in [3.63, 3.8) is 0 Å². The van der Waals surface area contributed by atoms with Crippen LogP contribution in [0.1, 0.15) is 4.88 Å². The monoisotopic (exact) mass is 288 g/mol. The Kier molecular flexibility index (Phi) is 5.00. The third kappa shape index (κ3) is 3.95. The summed E-state index contributed by atoms with van der Waals surface area (Å²) >= 11 is 7.44. The van der Waals surface area contributed by atoms with Gasteiger partial charge in [-0.1, -0.05) is 11.6 Å². The number of amides is 1. The molecule has 18 heavy (non-hydrogen) atoms. The van der Waals surface area contributed by atoms with Crippen LogP contribution in [0.4, 0.5) is 0 Å². The molecule has 0 aromatic carbocycles. The Balaban J connectivity index is 1.79. The number of nitrogens with zero attached hydrogens (tertiary/aromatic N) is 2.